The number of rotatable bonds is 4. The van der Waals surface area contributed by atoms with E-state index in [2.05, 4.69) is 50.5 Å². The Morgan fingerprint density at radius 2 is 2.00 bits per heavy atom. The molecule has 0 spiro atoms. The molecule has 2 nitrogen and oxygen atoms in total. The fraction of sp³-hybridized carbons (Fsp3) is 0.647. The van der Waals surface area contributed by atoms with Crippen molar-refractivity contribution in [1.82, 2.24) is 5.32 Å². The van der Waals surface area contributed by atoms with Crippen molar-refractivity contribution in [2.45, 2.75) is 64.0 Å². The highest BCUT2D eigenvalue weighted by Crippen LogP contribution is 2.33. The minimum atomic E-state index is 0.245. The van der Waals surface area contributed by atoms with Gasteiger partial charge in [-0.05, 0) is 63.8 Å². The van der Waals surface area contributed by atoms with Crippen LogP contribution in [-0.4, -0.2) is 19.2 Å². The summed E-state index contributed by atoms with van der Waals surface area (Å²) in [7, 11) is 2.09. The SMILES string of the molecule is CNC1CCCCC(c2cccc(OC(C)C)c2)C1. The Bertz CT molecular complexity index is 389. The lowest BCUT2D eigenvalue weighted by molar-refractivity contribution is 0.242. The highest BCUT2D eigenvalue weighted by Gasteiger charge is 2.20. The van der Waals surface area contributed by atoms with Gasteiger partial charge in [-0.1, -0.05) is 25.0 Å². The van der Waals surface area contributed by atoms with Gasteiger partial charge in [0.25, 0.3) is 0 Å². The van der Waals surface area contributed by atoms with E-state index in [4.69, 9.17) is 4.74 Å². The third-order valence-electron chi connectivity index (χ3n) is 4.03. The maximum Gasteiger partial charge on any atom is 0.119 e. The lowest BCUT2D eigenvalue weighted by Crippen LogP contribution is -2.25. The Labute approximate surface area is 117 Å². The van der Waals surface area contributed by atoms with Gasteiger partial charge >= 0.3 is 0 Å². The van der Waals surface area contributed by atoms with Crippen LogP contribution in [0, 0.1) is 0 Å². The lowest BCUT2D eigenvalue weighted by atomic mass is 9.90. The first-order chi connectivity index (χ1) is 9.19. The molecule has 19 heavy (non-hydrogen) atoms. The Morgan fingerprint density at radius 1 is 1.21 bits per heavy atom. The van der Waals surface area contributed by atoms with Crippen LogP contribution in [0.5, 0.6) is 5.75 Å². The van der Waals surface area contributed by atoms with Crippen molar-refractivity contribution in [2.75, 3.05) is 7.05 Å². The van der Waals surface area contributed by atoms with E-state index >= 15 is 0 Å². The lowest BCUT2D eigenvalue weighted by Gasteiger charge is -2.21. The van der Waals surface area contributed by atoms with Crippen molar-refractivity contribution >= 4 is 0 Å². The first-order valence-corrected chi connectivity index (χ1v) is 7.63. The number of benzene rings is 1. The van der Waals surface area contributed by atoms with E-state index in [0.717, 1.165) is 5.75 Å². The molecule has 0 saturated heterocycles. The molecule has 106 valence electrons. The maximum atomic E-state index is 5.81. The van der Waals surface area contributed by atoms with Gasteiger partial charge in [0, 0.05) is 6.04 Å². The molecule has 0 amide bonds. The number of hydrogen-bond acceptors (Lipinski definition) is 2. The van der Waals surface area contributed by atoms with Crippen molar-refractivity contribution in [2.24, 2.45) is 0 Å². The summed E-state index contributed by atoms with van der Waals surface area (Å²) in [5, 5.41) is 3.46. The van der Waals surface area contributed by atoms with Crippen molar-refractivity contribution in [3.8, 4) is 5.75 Å². The minimum Gasteiger partial charge on any atom is -0.491 e. The number of ether oxygens (including phenoxy) is 1. The monoisotopic (exact) mass is 261 g/mol. The van der Waals surface area contributed by atoms with Crippen LogP contribution in [-0.2, 0) is 0 Å². The summed E-state index contributed by atoms with van der Waals surface area (Å²) in [5.41, 5.74) is 1.44. The smallest absolute Gasteiger partial charge is 0.119 e. The Balaban J connectivity index is 2.10. The van der Waals surface area contributed by atoms with Gasteiger partial charge < -0.3 is 10.1 Å². The van der Waals surface area contributed by atoms with E-state index in [-0.39, 0.29) is 6.10 Å². The largest absolute Gasteiger partial charge is 0.491 e. The predicted molar refractivity (Wildman–Crippen MR) is 80.9 cm³/mol. The normalized spacial score (nSPS) is 24.2. The first-order valence-electron chi connectivity index (χ1n) is 7.63. The summed E-state index contributed by atoms with van der Waals surface area (Å²) in [4.78, 5) is 0. The van der Waals surface area contributed by atoms with Crippen LogP contribution in [0.1, 0.15) is 57.4 Å². The molecule has 2 atom stereocenters. The van der Waals surface area contributed by atoms with Gasteiger partial charge in [0.15, 0.2) is 0 Å². The predicted octanol–water partition coefficient (Wildman–Crippen LogP) is 4.11. The summed E-state index contributed by atoms with van der Waals surface area (Å²) in [6.07, 6.45) is 6.82. The van der Waals surface area contributed by atoms with E-state index in [9.17, 15) is 0 Å². The van der Waals surface area contributed by atoms with Crippen LogP contribution < -0.4 is 10.1 Å². The van der Waals surface area contributed by atoms with Gasteiger partial charge in [-0.15, -0.1) is 0 Å². The van der Waals surface area contributed by atoms with Gasteiger partial charge in [-0.25, -0.2) is 0 Å². The van der Waals surface area contributed by atoms with E-state index < -0.39 is 0 Å². The molecule has 1 saturated carbocycles. The Hall–Kier alpha value is -1.02. The molecule has 0 aromatic heterocycles. The van der Waals surface area contributed by atoms with E-state index in [1.165, 1.54) is 37.7 Å². The fourth-order valence-electron chi connectivity index (χ4n) is 3.04. The van der Waals surface area contributed by atoms with E-state index in [1.54, 1.807) is 0 Å². The molecule has 1 aromatic rings. The molecule has 0 bridgehead atoms. The molecular formula is C17H27NO. The van der Waals surface area contributed by atoms with Crippen LogP contribution in [0.25, 0.3) is 0 Å². The number of hydrogen-bond donors (Lipinski definition) is 1. The molecule has 0 aliphatic heterocycles. The molecule has 1 aliphatic carbocycles. The van der Waals surface area contributed by atoms with Crippen LogP contribution in [0.3, 0.4) is 0 Å². The second-order valence-corrected chi connectivity index (χ2v) is 5.94. The van der Waals surface area contributed by atoms with E-state index in [0.29, 0.717) is 12.0 Å². The number of nitrogens with one attached hydrogen (secondary N) is 1. The quantitative estimate of drug-likeness (QED) is 0.824. The molecule has 1 aliphatic rings. The second-order valence-electron chi connectivity index (χ2n) is 5.94. The Morgan fingerprint density at radius 3 is 2.74 bits per heavy atom. The molecule has 1 fully saturated rings. The zero-order valence-corrected chi connectivity index (χ0v) is 12.5. The molecule has 2 heteroatoms. The van der Waals surface area contributed by atoms with Crippen molar-refractivity contribution in [1.29, 1.82) is 0 Å². The Kier molecular flexibility index (Phi) is 5.26. The fourth-order valence-corrected chi connectivity index (χ4v) is 3.04. The molecule has 2 unspecified atom stereocenters. The molecule has 1 N–H and O–H groups in total. The summed E-state index contributed by atoms with van der Waals surface area (Å²) < 4.78 is 5.81. The summed E-state index contributed by atoms with van der Waals surface area (Å²) >= 11 is 0. The molecule has 0 heterocycles. The van der Waals surface area contributed by atoms with Crippen LogP contribution in [0.15, 0.2) is 24.3 Å². The van der Waals surface area contributed by atoms with Gasteiger partial charge in [0.1, 0.15) is 5.75 Å². The van der Waals surface area contributed by atoms with Crippen molar-refractivity contribution in [3.63, 3.8) is 0 Å². The van der Waals surface area contributed by atoms with Gasteiger partial charge in [0.05, 0.1) is 6.10 Å². The third kappa shape index (κ3) is 4.24. The highest BCUT2D eigenvalue weighted by molar-refractivity contribution is 5.31. The second kappa shape index (κ2) is 6.95. The summed E-state index contributed by atoms with van der Waals surface area (Å²) in [5.74, 6) is 1.69. The topological polar surface area (TPSA) is 21.3 Å². The maximum absolute atomic E-state index is 5.81. The third-order valence-corrected chi connectivity index (χ3v) is 4.03. The van der Waals surface area contributed by atoms with Gasteiger partial charge in [0.2, 0.25) is 0 Å². The molecule has 2 rings (SSSR count). The average Bonchev–Trinajstić information content (AvgIpc) is 2.63. The molecule has 0 radical (unpaired) electrons. The highest BCUT2D eigenvalue weighted by atomic mass is 16.5. The van der Waals surface area contributed by atoms with Gasteiger partial charge in [-0.2, -0.15) is 0 Å². The summed E-state index contributed by atoms with van der Waals surface area (Å²) in [6.45, 7) is 4.16. The van der Waals surface area contributed by atoms with E-state index in [1.807, 2.05) is 0 Å². The first kappa shape index (κ1) is 14.4. The standard InChI is InChI=1S/C17H27NO/c1-13(2)19-17-10-6-8-15(12-17)14-7-4-5-9-16(11-14)18-3/h6,8,10,12-14,16,18H,4-5,7,9,11H2,1-3H3. The summed E-state index contributed by atoms with van der Waals surface area (Å²) in [6, 6.07) is 9.36. The minimum absolute atomic E-state index is 0.245. The average molecular weight is 261 g/mol. The van der Waals surface area contributed by atoms with Gasteiger partial charge in [-0.3, -0.25) is 0 Å². The van der Waals surface area contributed by atoms with Crippen LogP contribution in [0.4, 0.5) is 0 Å². The van der Waals surface area contributed by atoms with Crippen LogP contribution in [0.2, 0.25) is 0 Å². The molecular weight excluding hydrogens is 234 g/mol. The molecule has 1 aromatic carbocycles. The zero-order valence-electron chi connectivity index (χ0n) is 12.5. The zero-order chi connectivity index (χ0) is 13.7. The van der Waals surface area contributed by atoms with Crippen molar-refractivity contribution in [3.05, 3.63) is 29.8 Å². The van der Waals surface area contributed by atoms with Crippen molar-refractivity contribution < 1.29 is 4.74 Å². The van der Waals surface area contributed by atoms with Crippen LogP contribution >= 0.6 is 0 Å².